The van der Waals surface area contributed by atoms with Gasteiger partial charge in [0.15, 0.2) is 17.3 Å². The van der Waals surface area contributed by atoms with Crippen molar-refractivity contribution >= 4 is 29.0 Å². The quantitative estimate of drug-likeness (QED) is 0.634. The van der Waals surface area contributed by atoms with Crippen LogP contribution in [0.5, 0.6) is 11.5 Å². The van der Waals surface area contributed by atoms with Gasteiger partial charge < -0.3 is 19.7 Å². The van der Waals surface area contributed by atoms with E-state index in [1.165, 1.54) is 0 Å². The van der Waals surface area contributed by atoms with Crippen molar-refractivity contribution in [1.29, 1.82) is 0 Å². The van der Waals surface area contributed by atoms with Gasteiger partial charge in [-0.3, -0.25) is 4.79 Å². The summed E-state index contributed by atoms with van der Waals surface area (Å²) >= 11 is 5.96. The van der Waals surface area contributed by atoms with Crippen LogP contribution < -0.4 is 19.7 Å². The molecule has 1 atom stereocenters. The minimum atomic E-state index is -0.130. The summed E-state index contributed by atoms with van der Waals surface area (Å²) in [5.41, 5.74) is 2.46. The third kappa shape index (κ3) is 4.48. The molecule has 1 aromatic heterocycles. The predicted octanol–water partition coefficient (Wildman–Crippen LogP) is 4.42. The second-order valence-corrected chi connectivity index (χ2v) is 8.35. The Balaban J connectivity index is 1.24. The summed E-state index contributed by atoms with van der Waals surface area (Å²) < 4.78 is 11.1. The summed E-state index contributed by atoms with van der Waals surface area (Å²) in [4.78, 5) is 15.0. The summed E-state index contributed by atoms with van der Waals surface area (Å²) in [6, 6.07) is 16.9. The average molecular weight is 451 g/mol. The molecule has 32 heavy (non-hydrogen) atoms. The highest BCUT2D eigenvalue weighted by Gasteiger charge is 2.27. The van der Waals surface area contributed by atoms with E-state index in [4.69, 9.17) is 21.1 Å². The molecule has 7 nitrogen and oxygen atoms in total. The molecular weight excluding hydrogens is 428 g/mol. The van der Waals surface area contributed by atoms with Crippen LogP contribution in [0.1, 0.15) is 12.8 Å². The molecule has 2 aromatic carbocycles. The molecule has 3 aromatic rings. The van der Waals surface area contributed by atoms with Crippen LogP contribution in [0.4, 0.5) is 11.5 Å². The number of hydrogen-bond acceptors (Lipinski definition) is 6. The van der Waals surface area contributed by atoms with Crippen molar-refractivity contribution in [3.05, 3.63) is 59.6 Å². The van der Waals surface area contributed by atoms with Crippen LogP contribution in [0.2, 0.25) is 5.02 Å². The third-order valence-electron chi connectivity index (χ3n) is 5.72. The first-order valence-corrected chi connectivity index (χ1v) is 11.1. The molecule has 0 saturated carbocycles. The number of benzene rings is 2. The van der Waals surface area contributed by atoms with Gasteiger partial charge in [0.2, 0.25) is 5.91 Å². The van der Waals surface area contributed by atoms with E-state index in [9.17, 15) is 4.79 Å². The van der Waals surface area contributed by atoms with Crippen molar-refractivity contribution in [2.24, 2.45) is 5.92 Å². The Hall–Kier alpha value is -3.32. The first-order chi connectivity index (χ1) is 15.7. The molecule has 0 aliphatic carbocycles. The fourth-order valence-electron chi connectivity index (χ4n) is 4.03. The summed E-state index contributed by atoms with van der Waals surface area (Å²) in [7, 11) is 0. The second-order valence-electron chi connectivity index (χ2n) is 7.92. The van der Waals surface area contributed by atoms with E-state index in [-0.39, 0.29) is 11.8 Å². The number of nitrogens with zero attached hydrogens (tertiary/aromatic N) is 3. The first kappa shape index (κ1) is 20.6. The van der Waals surface area contributed by atoms with E-state index >= 15 is 0 Å². The van der Waals surface area contributed by atoms with Crippen LogP contribution in [0, 0.1) is 5.92 Å². The summed E-state index contributed by atoms with van der Waals surface area (Å²) in [5.74, 6) is 2.01. The largest absolute Gasteiger partial charge is 0.486 e. The van der Waals surface area contributed by atoms with Crippen molar-refractivity contribution in [2.75, 3.05) is 36.5 Å². The van der Waals surface area contributed by atoms with Gasteiger partial charge in [-0.25, -0.2) is 0 Å². The zero-order valence-corrected chi connectivity index (χ0v) is 18.2. The van der Waals surface area contributed by atoms with Crippen LogP contribution in [0.15, 0.2) is 54.6 Å². The van der Waals surface area contributed by atoms with Crippen molar-refractivity contribution in [2.45, 2.75) is 12.8 Å². The molecule has 2 aliphatic rings. The molecule has 1 saturated heterocycles. The SMILES string of the molecule is O=C(Nc1ccc2c(c1)OCCO2)[C@H]1CCCN(c2ccc(-c3ccc(Cl)cc3)nn2)C1. The van der Waals surface area contributed by atoms with Gasteiger partial charge >= 0.3 is 0 Å². The monoisotopic (exact) mass is 450 g/mol. The predicted molar refractivity (Wildman–Crippen MR) is 123 cm³/mol. The number of hydrogen-bond donors (Lipinski definition) is 1. The maximum Gasteiger partial charge on any atom is 0.229 e. The molecule has 1 N–H and O–H groups in total. The van der Waals surface area contributed by atoms with Gasteiger partial charge in [-0.05, 0) is 49.2 Å². The van der Waals surface area contributed by atoms with E-state index < -0.39 is 0 Å². The number of anilines is 2. The molecule has 1 fully saturated rings. The van der Waals surface area contributed by atoms with Crippen LogP contribution in [-0.2, 0) is 4.79 Å². The van der Waals surface area contributed by atoms with Crippen molar-refractivity contribution < 1.29 is 14.3 Å². The Bertz CT molecular complexity index is 1110. The molecule has 5 rings (SSSR count). The van der Waals surface area contributed by atoms with E-state index in [1.54, 1.807) is 0 Å². The van der Waals surface area contributed by atoms with Gasteiger partial charge in [0.1, 0.15) is 13.2 Å². The number of rotatable bonds is 4. The van der Waals surface area contributed by atoms with Gasteiger partial charge in [-0.15, -0.1) is 10.2 Å². The van der Waals surface area contributed by atoms with Gasteiger partial charge in [-0.2, -0.15) is 0 Å². The van der Waals surface area contributed by atoms with Crippen molar-refractivity contribution in [3.63, 3.8) is 0 Å². The molecule has 0 radical (unpaired) electrons. The molecule has 0 spiro atoms. The summed E-state index contributed by atoms with van der Waals surface area (Å²) in [6.45, 7) is 2.51. The second kappa shape index (κ2) is 9.04. The number of carbonyl (C=O) groups is 1. The number of ether oxygens (including phenoxy) is 2. The molecule has 164 valence electrons. The fraction of sp³-hybridized carbons (Fsp3) is 0.292. The first-order valence-electron chi connectivity index (χ1n) is 10.7. The number of aromatic nitrogens is 2. The molecule has 3 heterocycles. The highest BCUT2D eigenvalue weighted by atomic mass is 35.5. The lowest BCUT2D eigenvalue weighted by Gasteiger charge is -2.32. The van der Waals surface area contributed by atoms with Crippen molar-refractivity contribution in [3.8, 4) is 22.8 Å². The van der Waals surface area contributed by atoms with Crippen molar-refractivity contribution in [1.82, 2.24) is 10.2 Å². The Morgan fingerprint density at radius 3 is 2.59 bits per heavy atom. The van der Waals surface area contributed by atoms with Gasteiger partial charge in [-0.1, -0.05) is 23.7 Å². The van der Waals surface area contributed by atoms with E-state index in [0.29, 0.717) is 42.0 Å². The lowest BCUT2D eigenvalue weighted by atomic mass is 9.97. The molecular formula is C24H23ClN4O3. The zero-order valence-electron chi connectivity index (χ0n) is 17.5. The number of halogens is 1. The highest BCUT2D eigenvalue weighted by Crippen LogP contribution is 2.33. The average Bonchev–Trinajstić information content (AvgIpc) is 2.85. The van der Waals surface area contributed by atoms with Gasteiger partial charge in [0.05, 0.1) is 11.6 Å². The number of carbonyl (C=O) groups excluding carboxylic acids is 1. The normalized spacial score (nSPS) is 17.7. The summed E-state index contributed by atoms with van der Waals surface area (Å²) in [5, 5.41) is 12.5. The molecule has 0 unspecified atom stereocenters. The number of fused-ring (bicyclic) bond motifs is 1. The van der Waals surface area contributed by atoms with Crippen LogP contribution in [0.3, 0.4) is 0 Å². The minimum absolute atomic E-state index is 0.00267. The molecule has 0 bridgehead atoms. The van der Waals surface area contributed by atoms with Gasteiger partial charge in [0.25, 0.3) is 0 Å². The van der Waals surface area contributed by atoms with Crippen LogP contribution in [-0.4, -0.2) is 42.4 Å². The number of amides is 1. The standard InChI is InChI=1S/C24H23ClN4O3/c25-18-5-3-16(4-6-18)20-8-10-23(28-27-20)29-11-1-2-17(15-29)24(30)26-19-7-9-21-22(14-19)32-13-12-31-21/h3-10,14,17H,1-2,11-13,15H2,(H,26,30)/t17-/m0/s1. The number of nitrogens with one attached hydrogen (secondary N) is 1. The van der Waals surface area contributed by atoms with E-state index in [1.807, 2.05) is 54.6 Å². The maximum atomic E-state index is 12.9. The summed E-state index contributed by atoms with van der Waals surface area (Å²) in [6.07, 6.45) is 1.75. The zero-order chi connectivity index (χ0) is 21.9. The molecule has 1 amide bonds. The fourth-order valence-corrected chi connectivity index (χ4v) is 4.16. The Labute approximate surface area is 191 Å². The molecule has 8 heteroatoms. The Morgan fingerprint density at radius 2 is 1.81 bits per heavy atom. The maximum absolute atomic E-state index is 12.9. The third-order valence-corrected chi connectivity index (χ3v) is 5.97. The minimum Gasteiger partial charge on any atom is -0.486 e. The van der Waals surface area contributed by atoms with Crippen LogP contribution in [0.25, 0.3) is 11.3 Å². The smallest absolute Gasteiger partial charge is 0.229 e. The highest BCUT2D eigenvalue weighted by molar-refractivity contribution is 6.30. The molecule has 2 aliphatic heterocycles. The lowest BCUT2D eigenvalue weighted by molar-refractivity contribution is -0.120. The van der Waals surface area contributed by atoms with Crippen LogP contribution >= 0.6 is 11.6 Å². The van der Waals surface area contributed by atoms with Gasteiger partial charge in [0, 0.05) is 35.4 Å². The van der Waals surface area contributed by atoms with E-state index in [2.05, 4.69) is 20.4 Å². The Kier molecular flexibility index (Phi) is 5.81. The Morgan fingerprint density at radius 1 is 1.00 bits per heavy atom. The topological polar surface area (TPSA) is 76.6 Å². The number of piperidine rings is 1. The van der Waals surface area contributed by atoms with E-state index in [0.717, 1.165) is 36.5 Å². The lowest BCUT2D eigenvalue weighted by Crippen LogP contribution is -2.41.